The molecule has 1 saturated heterocycles. The van der Waals surface area contributed by atoms with Gasteiger partial charge in [-0.25, -0.2) is 4.79 Å². The third-order valence-electron chi connectivity index (χ3n) is 4.73. The first-order chi connectivity index (χ1) is 13.7. The van der Waals surface area contributed by atoms with Gasteiger partial charge in [0.2, 0.25) is 0 Å². The van der Waals surface area contributed by atoms with Gasteiger partial charge >= 0.3 is 6.03 Å². The summed E-state index contributed by atoms with van der Waals surface area (Å²) in [7, 11) is 1.69. The van der Waals surface area contributed by atoms with Crippen molar-refractivity contribution in [2.45, 2.75) is 6.42 Å². The smallest absolute Gasteiger partial charge is 0.314 e. The van der Waals surface area contributed by atoms with Gasteiger partial charge in [0.1, 0.15) is 18.1 Å². The molecule has 2 amide bonds. The Kier molecular flexibility index (Phi) is 7.25. The van der Waals surface area contributed by atoms with Crippen LogP contribution in [0.15, 0.2) is 48.5 Å². The predicted octanol–water partition coefficient (Wildman–Crippen LogP) is 3.55. The standard InChI is InChI=1S/C21H26ClN3O3/c1-27-20-5-3-2-4-19(20)25-12-10-16(15-25)14-24-21(26)23-11-13-28-18-8-6-17(22)7-9-18/h2-9,16H,10-15H2,1H3,(H2,23,24,26). The highest BCUT2D eigenvalue weighted by atomic mass is 35.5. The number of nitrogens with one attached hydrogen (secondary N) is 2. The summed E-state index contributed by atoms with van der Waals surface area (Å²) < 4.78 is 11.0. The van der Waals surface area contributed by atoms with Crippen molar-refractivity contribution in [3.05, 3.63) is 53.6 Å². The average molecular weight is 404 g/mol. The van der Waals surface area contributed by atoms with Crippen molar-refractivity contribution in [3.8, 4) is 11.5 Å². The molecule has 0 saturated carbocycles. The molecule has 0 bridgehead atoms. The minimum Gasteiger partial charge on any atom is -0.495 e. The van der Waals surface area contributed by atoms with Crippen LogP contribution in [0.1, 0.15) is 6.42 Å². The van der Waals surface area contributed by atoms with E-state index in [1.54, 1.807) is 31.4 Å². The summed E-state index contributed by atoms with van der Waals surface area (Å²) in [4.78, 5) is 14.3. The number of carbonyl (C=O) groups excluding carboxylic acids is 1. The molecule has 6 nitrogen and oxygen atoms in total. The fourth-order valence-electron chi connectivity index (χ4n) is 3.27. The van der Waals surface area contributed by atoms with Gasteiger partial charge in [0.15, 0.2) is 0 Å². The van der Waals surface area contributed by atoms with Crippen LogP contribution in [0, 0.1) is 5.92 Å². The minimum absolute atomic E-state index is 0.171. The maximum Gasteiger partial charge on any atom is 0.314 e. The zero-order valence-electron chi connectivity index (χ0n) is 16.0. The average Bonchev–Trinajstić information content (AvgIpc) is 3.20. The zero-order valence-corrected chi connectivity index (χ0v) is 16.7. The number of anilines is 1. The first kappa shape index (κ1) is 20.1. The molecule has 150 valence electrons. The molecule has 1 heterocycles. The highest BCUT2D eigenvalue weighted by Gasteiger charge is 2.24. The normalized spacial score (nSPS) is 15.9. The van der Waals surface area contributed by atoms with E-state index in [0.717, 1.165) is 36.7 Å². The van der Waals surface area contributed by atoms with Crippen LogP contribution in [-0.4, -0.2) is 45.9 Å². The van der Waals surface area contributed by atoms with Gasteiger partial charge in [0.05, 0.1) is 19.3 Å². The van der Waals surface area contributed by atoms with Crippen molar-refractivity contribution in [1.82, 2.24) is 10.6 Å². The number of benzene rings is 2. The fraction of sp³-hybridized carbons (Fsp3) is 0.381. The molecule has 2 aromatic carbocycles. The summed E-state index contributed by atoms with van der Waals surface area (Å²) in [6.45, 7) is 3.35. The van der Waals surface area contributed by atoms with Gasteiger partial charge in [-0.1, -0.05) is 23.7 Å². The van der Waals surface area contributed by atoms with Crippen molar-refractivity contribution in [2.24, 2.45) is 5.92 Å². The molecule has 2 N–H and O–H groups in total. The van der Waals surface area contributed by atoms with E-state index in [9.17, 15) is 4.79 Å². The second-order valence-electron chi connectivity index (χ2n) is 6.71. The Bertz CT molecular complexity index is 770. The van der Waals surface area contributed by atoms with Crippen LogP contribution in [0.2, 0.25) is 5.02 Å². The summed E-state index contributed by atoms with van der Waals surface area (Å²) in [6.07, 6.45) is 1.04. The number of methoxy groups -OCH3 is 1. The maximum atomic E-state index is 12.0. The largest absolute Gasteiger partial charge is 0.495 e. The lowest BCUT2D eigenvalue weighted by atomic mass is 10.1. The number of urea groups is 1. The van der Waals surface area contributed by atoms with Gasteiger partial charge in [0.25, 0.3) is 0 Å². The molecule has 0 aromatic heterocycles. The Labute approximate surface area is 170 Å². The molecule has 1 fully saturated rings. The topological polar surface area (TPSA) is 62.8 Å². The summed E-state index contributed by atoms with van der Waals surface area (Å²) in [5.41, 5.74) is 1.11. The lowest BCUT2D eigenvalue weighted by Gasteiger charge is -2.21. The summed E-state index contributed by atoms with van der Waals surface area (Å²) >= 11 is 5.83. The van der Waals surface area contributed by atoms with Gasteiger partial charge in [-0.3, -0.25) is 0 Å². The fourth-order valence-corrected chi connectivity index (χ4v) is 3.40. The molecule has 1 atom stereocenters. The third-order valence-corrected chi connectivity index (χ3v) is 4.98. The quantitative estimate of drug-likeness (QED) is 0.661. The van der Waals surface area contributed by atoms with Crippen LogP contribution < -0.4 is 25.0 Å². The van der Waals surface area contributed by atoms with Crippen LogP contribution in [0.4, 0.5) is 10.5 Å². The zero-order chi connectivity index (χ0) is 19.8. The van der Waals surface area contributed by atoms with Crippen molar-refractivity contribution < 1.29 is 14.3 Å². The summed E-state index contributed by atoms with van der Waals surface area (Å²) in [5.74, 6) is 2.03. The van der Waals surface area contributed by atoms with E-state index < -0.39 is 0 Å². The van der Waals surface area contributed by atoms with Crippen LogP contribution in [-0.2, 0) is 0 Å². The number of hydrogen-bond acceptors (Lipinski definition) is 4. The van der Waals surface area contributed by atoms with E-state index in [0.29, 0.717) is 30.6 Å². The monoisotopic (exact) mass is 403 g/mol. The van der Waals surface area contributed by atoms with Crippen LogP contribution in [0.3, 0.4) is 0 Å². The molecule has 0 aliphatic carbocycles. The lowest BCUT2D eigenvalue weighted by molar-refractivity contribution is 0.235. The second-order valence-corrected chi connectivity index (χ2v) is 7.15. The maximum absolute atomic E-state index is 12.0. The first-order valence-corrected chi connectivity index (χ1v) is 9.81. The molecule has 1 unspecified atom stereocenters. The molecule has 1 aliphatic rings. The lowest BCUT2D eigenvalue weighted by Crippen LogP contribution is -2.40. The molecule has 0 radical (unpaired) electrons. The number of rotatable bonds is 8. The summed E-state index contributed by atoms with van der Waals surface area (Å²) in [5, 5.41) is 6.43. The number of halogens is 1. The number of ether oxygens (including phenoxy) is 2. The molecule has 3 rings (SSSR count). The van der Waals surface area contributed by atoms with E-state index in [1.165, 1.54) is 0 Å². The molecule has 7 heteroatoms. The first-order valence-electron chi connectivity index (χ1n) is 9.43. The number of nitrogens with zero attached hydrogens (tertiary/aromatic N) is 1. The van der Waals surface area contributed by atoms with E-state index in [1.807, 2.05) is 18.2 Å². The second kappa shape index (κ2) is 10.1. The highest BCUT2D eigenvalue weighted by Crippen LogP contribution is 2.31. The van der Waals surface area contributed by atoms with Crippen molar-refractivity contribution >= 4 is 23.3 Å². The molecular weight excluding hydrogens is 378 g/mol. The molecule has 1 aliphatic heterocycles. The van der Waals surface area contributed by atoms with Gasteiger partial charge in [-0.05, 0) is 48.7 Å². The van der Waals surface area contributed by atoms with Crippen molar-refractivity contribution in [2.75, 3.05) is 44.8 Å². The highest BCUT2D eigenvalue weighted by molar-refractivity contribution is 6.30. The SMILES string of the molecule is COc1ccccc1N1CCC(CNC(=O)NCCOc2ccc(Cl)cc2)C1. The van der Waals surface area contributed by atoms with Crippen LogP contribution >= 0.6 is 11.6 Å². The predicted molar refractivity (Wildman–Crippen MR) is 112 cm³/mol. The Morgan fingerprint density at radius 2 is 1.96 bits per heavy atom. The minimum atomic E-state index is -0.171. The third kappa shape index (κ3) is 5.70. The van der Waals surface area contributed by atoms with Crippen LogP contribution in [0.25, 0.3) is 0 Å². The van der Waals surface area contributed by atoms with Crippen LogP contribution in [0.5, 0.6) is 11.5 Å². The van der Waals surface area contributed by atoms with Gasteiger partial charge < -0.3 is 25.0 Å². The number of para-hydroxylation sites is 2. The van der Waals surface area contributed by atoms with Crippen molar-refractivity contribution in [3.63, 3.8) is 0 Å². The van der Waals surface area contributed by atoms with Gasteiger partial charge in [-0.15, -0.1) is 0 Å². The van der Waals surface area contributed by atoms with Crippen molar-refractivity contribution in [1.29, 1.82) is 0 Å². The Hall–Kier alpha value is -2.60. The van der Waals surface area contributed by atoms with Gasteiger partial charge in [-0.2, -0.15) is 0 Å². The number of amides is 2. The molecular formula is C21H26ClN3O3. The van der Waals surface area contributed by atoms with E-state index >= 15 is 0 Å². The summed E-state index contributed by atoms with van der Waals surface area (Å²) in [6, 6.07) is 15.0. The van der Waals surface area contributed by atoms with E-state index in [-0.39, 0.29) is 6.03 Å². The Morgan fingerprint density at radius 1 is 1.18 bits per heavy atom. The molecule has 28 heavy (non-hydrogen) atoms. The molecule has 0 spiro atoms. The van der Waals surface area contributed by atoms with E-state index in [4.69, 9.17) is 21.1 Å². The number of hydrogen-bond donors (Lipinski definition) is 2. The Balaban J connectivity index is 1.33. The van der Waals surface area contributed by atoms with Gasteiger partial charge in [0, 0.05) is 24.7 Å². The molecule has 2 aromatic rings. The number of carbonyl (C=O) groups is 1. The van der Waals surface area contributed by atoms with E-state index in [2.05, 4.69) is 21.6 Å². The Morgan fingerprint density at radius 3 is 2.75 bits per heavy atom.